The van der Waals surface area contributed by atoms with Gasteiger partial charge in [-0.15, -0.1) is 0 Å². The summed E-state index contributed by atoms with van der Waals surface area (Å²) in [6.07, 6.45) is 0. The van der Waals surface area contributed by atoms with Crippen molar-refractivity contribution in [3.05, 3.63) is 58.0 Å². The van der Waals surface area contributed by atoms with E-state index >= 15 is 0 Å². The SMILES string of the molecule is CC(=O)Oc1cccc(C(=O)N2CCN(C(=O)c3ccc(=O)[nH]n3)CC2)c1. The summed E-state index contributed by atoms with van der Waals surface area (Å²) < 4.78 is 5.00. The van der Waals surface area contributed by atoms with Gasteiger partial charge >= 0.3 is 5.97 Å². The Hall–Kier alpha value is -3.49. The average Bonchev–Trinajstić information content (AvgIpc) is 2.67. The van der Waals surface area contributed by atoms with Gasteiger partial charge in [0.15, 0.2) is 0 Å². The van der Waals surface area contributed by atoms with Crippen molar-refractivity contribution in [2.24, 2.45) is 0 Å². The van der Waals surface area contributed by atoms with E-state index in [2.05, 4.69) is 10.2 Å². The van der Waals surface area contributed by atoms with Gasteiger partial charge in [0.05, 0.1) is 0 Å². The van der Waals surface area contributed by atoms with Crippen LogP contribution in [-0.2, 0) is 4.79 Å². The van der Waals surface area contributed by atoms with E-state index in [0.29, 0.717) is 37.5 Å². The summed E-state index contributed by atoms with van der Waals surface area (Å²) in [6.45, 7) is 2.74. The van der Waals surface area contributed by atoms with Crippen LogP contribution in [0.4, 0.5) is 0 Å². The van der Waals surface area contributed by atoms with Crippen molar-refractivity contribution in [1.29, 1.82) is 0 Å². The van der Waals surface area contributed by atoms with E-state index in [0.717, 1.165) is 0 Å². The highest BCUT2D eigenvalue weighted by Gasteiger charge is 2.26. The van der Waals surface area contributed by atoms with Crippen LogP contribution in [0.1, 0.15) is 27.8 Å². The van der Waals surface area contributed by atoms with Crippen LogP contribution in [0.25, 0.3) is 0 Å². The van der Waals surface area contributed by atoms with Gasteiger partial charge in [-0.3, -0.25) is 19.2 Å². The molecule has 1 saturated heterocycles. The predicted molar refractivity (Wildman–Crippen MR) is 94.4 cm³/mol. The lowest BCUT2D eigenvalue weighted by molar-refractivity contribution is -0.131. The standard InChI is InChI=1S/C18H18N4O5/c1-12(23)27-14-4-2-3-13(11-14)17(25)21-7-9-22(10-8-21)18(26)15-5-6-16(24)20-19-15/h2-6,11H,7-10H2,1H3,(H,20,24). The lowest BCUT2D eigenvalue weighted by Crippen LogP contribution is -2.50. The number of benzene rings is 1. The fourth-order valence-electron chi connectivity index (χ4n) is 2.78. The molecule has 0 saturated carbocycles. The Morgan fingerprint density at radius 3 is 2.26 bits per heavy atom. The summed E-state index contributed by atoms with van der Waals surface area (Å²) in [5.41, 5.74) is 0.192. The van der Waals surface area contributed by atoms with Crippen molar-refractivity contribution in [3.63, 3.8) is 0 Å². The predicted octanol–water partition coefficient (Wildman–Crippen LogP) is 0.293. The summed E-state index contributed by atoms with van der Waals surface area (Å²) in [5.74, 6) is -0.637. The van der Waals surface area contributed by atoms with Crippen molar-refractivity contribution >= 4 is 17.8 Å². The zero-order valence-electron chi connectivity index (χ0n) is 14.7. The zero-order chi connectivity index (χ0) is 19.4. The van der Waals surface area contributed by atoms with Gasteiger partial charge in [0.1, 0.15) is 11.4 Å². The van der Waals surface area contributed by atoms with Crippen LogP contribution >= 0.6 is 0 Å². The molecule has 2 heterocycles. The summed E-state index contributed by atoms with van der Waals surface area (Å²) in [6, 6.07) is 9.04. The molecule has 1 N–H and O–H groups in total. The molecule has 1 fully saturated rings. The molecule has 0 aliphatic carbocycles. The number of carbonyl (C=O) groups excluding carboxylic acids is 3. The summed E-state index contributed by atoms with van der Waals surface area (Å²) in [4.78, 5) is 50.4. The van der Waals surface area contributed by atoms with E-state index in [1.165, 1.54) is 25.1 Å². The molecular weight excluding hydrogens is 352 g/mol. The highest BCUT2D eigenvalue weighted by molar-refractivity contribution is 5.95. The number of esters is 1. The van der Waals surface area contributed by atoms with Crippen LogP contribution in [0.2, 0.25) is 0 Å². The van der Waals surface area contributed by atoms with Gasteiger partial charge in [0.25, 0.3) is 17.4 Å². The van der Waals surface area contributed by atoms with Gasteiger partial charge in [-0.2, -0.15) is 5.10 Å². The number of rotatable bonds is 3. The second kappa shape index (κ2) is 7.81. The van der Waals surface area contributed by atoms with Gasteiger partial charge in [0, 0.05) is 44.7 Å². The molecule has 9 nitrogen and oxygen atoms in total. The van der Waals surface area contributed by atoms with Gasteiger partial charge in [-0.1, -0.05) is 6.07 Å². The molecule has 0 radical (unpaired) electrons. The number of H-pyrrole nitrogens is 1. The minimum atomic E-state index is -0.456. The summed E-state index contributed by atoms with van der Waals surface area (Å²) in [5, 5.41) is 5.97. The number of nitrogens with zero attached hydrogens (tertiary/aromatic N) is 3. The Labute approximate surface area is 154 Å². The summed E-state index contributed by atoms with van der Waals surface area (Å²) in [7, 11) is 0. The third-order valence-electron chi connectivity index (χ3n) is 4.09. The van der Waals surface area contributed by atoms with Crippen LogP contribution < -0.4 is 10.3 Å². The largest absolute Gasteiger partial charge is 0.427 e. The van der Waals surface area contributed by atoms with Gasteiger partial charge < -0.3 is 14.5 Å². The number of nitrogens with one attached hydrogen (secondary N) is 1. The smallest absolute Gasteiger partial charge is 0.308 e. The van der Waals surface area contributed by atoms with Crippen molar-refractivity contribution in [1.82, 2.24) is 20.0 Å². The minimum Gasteiger partial charge on any atom is -0.427 e. The highest BCUT2D eigenvalue weighted by atomic mass is 16.5. The number of aromatic nitrogens is 2. The third kappa shape index (κ3) is 4.38. The number of ether oxygens (including phenoxy) is 1. The van der Waals surface area contributed by atoms with E-state index < -0.39 is 5.97 Å². The molecule has 2 aromatic rings. The lowest BCUT2D eigenvalue weighted by Gasteiger charge is -2.34. The topological polar surface area (TPSA) is 113 Å². The number of hydrogen-bond donors (Lipinski definition) is 1. The Morgan fingerprint density at radius 1 is 1.00 bits per heavy atom. The normalized spacial score (nSPS) is 14.0. The first-order valence-electron chi connectivity index (χ1n) is 8.37. The second-order valence-corrected chi connectivity index (χ2v) is 6.01. The maximum absolute atomic E-state index is 12.7. The summed E-state index contributed by atoms with van der Waals surface area (Å²) >= 11 is 0. The Morgan fingerprint density at radius 2 is 1.67 bits per heavy atom. The number of amides is 2. The zero-order valence-corrected chi connectivity index (χ0v) is 14.7. The van der Waals surface area contributed by atoms with E-state index in [-0.39, 0.29) is 23.1 Å². The Bertz CT molecular complexity index is 911. The first-order valence-corrected chi connectivity index (χ1v) is 8.37. The Balaban J connectivity index is 1.62. The number of carbonyl (C=O) groups is 3. The van der Waals surface area contributed by atoms with Crippen molar-refractivity contribution in [3.8, 4) is 5.75 Å². The minimum absolute atomic E-state index is 0.156. The van der Waals surface area contributed by atoms with E-state index in [1.807, 2.05) is 0 Å². The molecule has 1 aromatic heterocycles. The van der Waals surface area contributed by atoms with Crippen LogP contribution in [-0.4, -0.2) is 64.0 Å². The molecule has 3 rings (SSSR count). The van der Waals surface area contributed by atoms with Crippen LogP contribution in [0, 0.1) is 0 Å². The quantitative estimate of drug-likeness (QED) is 0.614. The maximum Gasteiger partial charge on any atom is 0.308 e. The van der Waals surface area contributed by atoms with Crippen molar-refractivity contribution in [2.45, 2.75) is 6.92 Å². The molecule has 0 atom stereocenters. The molecule has 0 spiro atoms. The first-order chi connectivity index (χ1) is 12.9. The fourth-order valence-corrected chi connectivity index (χ4v) is 2.78. The second-order valence-electron chi connectivity index (χ2n) is 6.01. The first kappa shape index (κ1) is 18.3. The van der Waals surface area contributed by atoms with E-state index in [4.69, 9.17) is 4.74 Å². The maximum atomic E-state index is 12.7. The van der Waals surface area contributed by atoms with Gasteiger partial charge in [-0.05, 0) is 24.3 Å². The van der Waals surface area contributed by atoms with Crippen LogP contribution in [0.5, 0.6) is 5.75 Å². The van der Waals surface area contributed by atoms with Gasteiger partial charge in [-0.25, -0.2) is 5.10 Å². The molecule has 9 heteroatoms. The number of aromatic amines is 1. The molecular formula is C18H18N4O5. The fraction of sp³-hybridized carbons (Fsp3) is 0.278. The number of piperazine rings is 1. The Kier molecular flexibility index (Phi) is 5.30. The molecule has 1 aliphatic rings. The lowest BCUT2D eigenvalue weighted by atomic mass is 10.1. The molecule has 0 bridgehead atoms. The average molecular weight is 370 g/mol. The third-order valence-corrected chi connectivity index (χ3v) is 4.09. The van der Waals surface area contributed by atoms with E-state index in [1.54, 1.807) is 28.0 Å². The van der Waals surface area contributed by atoms with Gasteiger partial charge in [0.2, 0.25) is 0 Å². The molecule has 27 heavy (non-hydrogen) atoms. The van der Waals surface area contributed by atoms with Crippen LogP contribution in [0.3, 0.4) is 0 Å². The molecule has 0 unspecified atom stereocenters. The van der Waals surface area contributed by atoms with Crippen molar-refractivity contribution < 1.29 is 19.1 Å². The molecule has 1 aromatic carbocycles. The molecule has 2 amide bonds. The monoisotopic (exact) mass is 370 g/mol. The number of hydrogen-bond acceptors (Lipinski definition) is 6. The van der Waals surface area contributed by atoms with Crippen molar-refractivity contribution in [2.75, 3.05) is 26.2 Å². The highest BCUT2D eigenvalue weighted by Crippen LogP contribution is 2.16. The van der Waals surface area contributed by atoms with Crippen LogP contribution in [0.15, 0.2) is 41.2 Å². The van der Waals surface area contributed by atoms with E-state index in [9.17, 15) is 19.2 Å². The molecule has 140 valence electrons. The molecule has 1 aliphatic heterocycles.